The van der Waals surface area contributed by atoms with Gasteiger partial charge >= 0.3 is 0 Å². The molecule has 0 radical (unpaired) electrons. The van der Waals surface area contributed by atoms with Crippen LogP contribution in [0.2, 0.25) is 5.02 Å². The molecule has 0 bridgehead atoms. The van der Waals surface area contributed by atoms with E-state index in [1.807, 2.05) is 0 Å². The fourth-order valence-electron chi connectivity index (χ4n) is 2.80. The van der Waals surface area contributed by atoms with Crippen molar-refractivity contribution < 1.29 is 22.7 Å². The summed E-state index contributed by atoms with van der Waals surface area (Å²) in [5, 5.41) is 3.13. The number of nitrogens with one attached hydrogen (secondary N) is 1. The standard InChI is InChI=1S/C21H23ClN2O5S/c1-14-5-7-16(30(26,27)24(2)3)13-18(14)23-20(25)8-6-15-11-17(22)21-19(12-15)28-9-4-10-29-21/h5-8,11-13H,4,9-10H2,1-3H3,(H,23,25)/b8-6+. The van der Waals surface area contributed by atoms with E-state index < -0.39 is 15.9 Å². The maximum Gasteiger partial charge on any atom is 0.248 e. The van der Waals surface area contributed by atoms with Crippen molar-refractivity contribution >= 4 is 39.3 Å². The van der Waals surface area contributed by atoms with E-state index in [1.54, 1.807) is 31.2 Å². The Morgan fingerprint density at radius 2 is 1.90 bits per heavy atom. The lowest BCUT2D eigenvalue weighted by Crippen LogP contribution is -2.22. The number of anilines is 1. The first-order valence-corrected chi connectivity index (χ1v) is 11.1. The molecule has 0 aliphatic carbocycles. The summed E-state index contributed by atoms with van der Waals surface area (Å²) in [5.74, 6) is 0.642. The highest BCUT2D eigenvalue weighted by molar-refractivity contribution is 7.89. The average molecular weight is 451 g/mol. The Hall–Kier alpha value is -2.55. The van der Waals surface area contributed by atoms with Gasteiger partial charge in [-0.15, -0.1) is 0 Å². The van der Waals surface area contributed by atoms with E-state index in [-0.39, 0.29) is 4.90 Å². The van der Waals surface area contributed by atoms with Crippen LogP contribution in [-0.2, 0) is 14.8 Å². The van der Waals surface area contributed by atoms with Gasteiger partial charge in [0.2, 0.25) is 15.9 Å². The van der Waals surface area contributed by atoms with Crippen molar-refractivity contribution in [3.05, 3.63) is 52.6 Å². The predicted molar refractivity (Wildman–Crippen MR) is 117 cm³/mol. The zero-order valence-electron chi connectivity index (χ0n) is 16.9. The lowest BCUT2D eigenvalue weighted by Gasteiger charge is -2.14. The number of nitrogens with zero attached hydrogens (tertiary/aromatic N) is 1. The third-order valence-electron chi connectivity index (χ3n) is 4.50. The van der Waals surface area contributed by atoms with Crippen LogP contribution >= 0.6 is 11.6 Å². The fourth-order valence-corrected chi connectivity index (χ4v) is 4.00. The van der Waals surface area contributed by atoms with E-state index in [1.165, 1.54) is 32.3 Å². The summed E-state index contributed by atoms with van der Waals surface area (Å²) in [4.78, 5) is 12.5. The van der Waals surface area contributed by atoms with Crippen LogP contribution < -0.4 is 14.8 Å². The van der Waals surface area contributed by atoms with Gasteiger partial charge in [-0.3, -0.25) is 4.79 Å². The molecule has 0 saturated carbocycles. The minimum absolute atomic E-state index is 0.104. The number of hydrogen-bond acceptors (Lipinski definition) is 5. The molecular formula is C21H23ClN2O5S. The molecule has 0 spiro atoms. The minimum atomic E-state index is -3.60. The number of sulfonamides is 1. The summed E-state index contributed by atoms with van der Waals surface area (Å²) < 4.78 is 37.0. The Balaban J connectivity index is 1.79. The van der Waals surface area contributed by atoms with E-state index in [9.17, 15) is 13.2 Å². The number of halogens is 1. The zero-order chi connectivity index (χ0) is 21.9. The van der Waals surface area contributed by atoms with Gasteiger partial charge in [0, 0.05) is 32.3 Å². The van der Waals surface area contributed by atoms with Gasteiger partial charge in [-0.25, -0.2) is 12.7 Å². The fraction of sp³-hybridized carbons (Fsp3) is 0.286. The molecule has 1 N–H and O–H groups in total. The van der Waals surface area contributed by atoms with E-state index in [4.69, 9.17) is 21.1 Å². The molecule has 0 aromatic heterocycles. The highest BCUT2D eigenvalue weighted by Gasteiger charge is 2.19. The Morgan fingerprint density at radius 1 is 1.17 bits per heavy atom. The van der Waals surface area contributed by atoms with Gasteiger partial charge in [0.1, 0.15) is 0 Å². The van der Waals surface area contributed by atoms with Gasteiger partial charge in [-0.1, -0.05) is 17.7 Å². The van der Waals surface area contributed by atoms with Crippen LogP contribution in [-0.4, -0.2) is 45.9 Å². The number of hydrogen-bond donors (Lipinski definition) is 1. The van der Waals surface area contributed by atoms with Crippen molar-refractivity contribution in [2.45, 2.75) is 18.2 Å². The van der Waals surface area contributed by atoms with Crippen molar-refractivity contribution in [2.24, 2.45) is 0 Å². The summed E-state index contributed by atoms with van der Waals surface area (Å²) in [6.45, 7) is 2.85. The van der Waals surface area contributed by atoms with E-state index in [2.05, 4.69) is 5.32 Å². The molecule has 1 amide bonds. The number of benzene rings is 2. The molecule has 3 rings (SSSR count). The summed E-state index contributed by atoms with van der Waals surface area (Å²) in [7, 11) is -0.690. The second-order valence-electron chi connectivity index (χ2n) is 6.97. The van der Waals surface area contributed by atoms with E-state index in [0.717, 1.165) is 16.3 Å². The van der Waals surface area contributed by atoms with Gasteiger partial charge in [-0.05, 0) is 48.4 Å². The second-order valence-corrected chi connectivity index (χ2v) is 9.53. The molecule has 2 aromatic carbocycles. The number of aryl methyl sites for hydroxylation is 1. The normalized spacial score (nSPS) is 14.0. The SMILES string of the molecule is Cc1ccc(S(=O)(=O)N(C)C)cc1NC(=O)/C=C/c1cc(Cl)c2c(c1)OCCCO2. The quantitative estimate of drug-likeness (QED) is 0.702. The first-order chi connectivity index (χ1) is 14.2. The largest absolute Gasteiger partial charge is 0.489 e. The summed E-state index contributed by atoms with van der Waals surface area (Å²) in [5.41, 5.74) is 1.84. The number of ether oxygens (including phenoxy) is 2. The van der Waals surface area contributed by atoms with Crippen LogP contribution in [0.4, 0.5) is 5.69 Å². The summed E-state index contributed by atoms with van der Waals surface area (Å²) in [6, 6.07) is 8.05. The van der Waals surface area contributed by atoms with E-state index in [0.29, 0.717) is 41.0 Å². The third kappa shape index (κ3) is 4.95. The number of carbonyl (C=O) groups excluding carboxylic acids is 1. The molecule has 9 heteroatoms. The van der Waals surface area contributed by atoms with Crippen LogP contribution in [0, 0.1) is 6.92 Å². The second kappa shape index (κ2) is 9.07. The monoisotopic (exact) mass is 450 g/mol. The molecule has 1 aliphatic rings. The predicted octanol–water partition coefficient (Wildman–Crippen LogP) is 3.71. The Bertz CT molecular complexity index is 1100. The molecule has 0 fully saturated rings. The van der Waals surface area contributed by atoms with E-state index >= 15 is 0 Å². The summed E-state index contributed by atoms with van der Waals surface area (Å²) in [6.07, 6.45) is 3.72. The van der Waals surface area contributed by atoms with Crippen LogP contribution in [0.25, 0.3) is 6.08 Å². The molecule has 1 aliphatic heterocycles. The smallest absolute Gasteiger partial charge is 0.248 e. The van der Waals surface area contributed by atoms with Gasteiger partial charge in [-0.2, -0.15) is 0 Å². The number of amides is 1. The highest BCUT2D eigenvalue weighted by Crippen LogP contribution is 2.38. The number of fused-ring (bicyclic) bond motifs is 1. The average Bonchev–Trinajstić information content (AvgIpc) is 2.93. The topological polar surface area (TPSA) is 84.9 Å². The van der Waals surface area contributed by atoms with Gasteiger partial charge in [0.25, 0.3) is 0 Å². The Labute approximate surface area is 181 Å². The number of carbonyl (C=O) groups is 1. The lowest BCUT2D eigenvalue weighted by atomic mass is 10.1. The number of rotatable bonds is 5. The van der Waals surface area contributed by atoms with Gasteiger partial charge in [0.05, 0.1) is 23.1 Å². The van der Waals surface area contributed by atoms with Crippen LogP contribution in [0.3, 0.4) is 0 Å². The zero-order valence-corrected chi connectivity index (χ0v) is 18.5. The van der Waals surface area contributed by atoms with Crippen molar-refractivity contribution in [3.63, 3.8) is 0 Å². The maximum absolute atomic E-state index is 12.4. The molecular weight excluding hydrogens is 428 g/mol. The molecule has 1 heterocycles. The maximum atomic E-state index is 12.4. The Kier molecular flexibility index (Phi) is 6.70. The van der Waals surface area contributed by atoms with Crippen LogP contribution in [0.15, 0.2) is 41.3 Å². The van der Waals surface area contributed by atoms with Gasteiger partial charge < -0.3 is 14.8 Å². The summed E-state index contributed by atoms with van der Waals surface area (Å²) >= 11 is 6.27. The molecule has 0 unspecified atom stereocenters. The minimum Gasteiger partial charge on any atom is -0.489 e. The molecule has 30 heavy (non-hydrogen) atoms. The van der Waals surface area contributed by atoms with Crippen LogP contribution in [0.5, 0.6) is 11.5 Å². The lowest BCUT2D eigenvalue weighted by molar-refractivity contribution is -0.111. The van der Waals surface area contributed by atoms with Crippen molar-refractivity contribution in [1.29, 1.82) is 0 Å². The Morgan fingerprint density at radius 3 is 2.63 bits per heavy atom. The highest BCUT2D eigenvalue weighted by atomic mass is 35.5. The molecule has 7 nitrogen and oxygen atoms in total. The molecule has 0 atom stereocenters. The van der Waals surface area contributed by atoms with Crippen molar-refractivity contribution in [2.75, 3.05) is 32.6 Å². The first-order valence-electron chi connectivity index (χ1n) is 9.30. The third-order valence-corrected chi connectivity index (χ3v) is 6.59. The molecule has 160 valence electrons. The van der Waals surface area contributed by atoms with Crippen LogP contribution in [0.1, 0.15) is 17.5 Å². The van der Waals surface area contributed by atoms with Crippen molar-refractivity contribution in [1.82, 2.24) is 4.31 Å². The van der Waals surface area contributed by atoms with Gasteiger partial charge in [0.15, 0.2) is 11.5 Å². The van der Waals surface area contributed by atoms with Crippen molar-refractivity contribution in [3.8, 4) is 11.5 Å². The first kappa shape index (κ1) is 22.1. The molecule has 0 saturated heterocycles. The molecule has 2 aromatic rings.